The maximum absolute atomic E-state index is 5.30. The average Bonchev–Trinajstić information content (AvgIpc) is 2.75. The Bertz CT molecular complexity index is 466. The van der Waals surface area contributed by atoms with Crippen molar-refractivity contribution >= 4 is 27.1 Å². The van der Waals surface area contributed by atoms with E-state index in [0.29, 0.717) is 6.04 Å². The molecule has 16 heavy (non-hydrogen) atoms. The van der Waals surface area contributed by atoms with Gasteiger partial charge in [-0.15, -0.1) is 11.3 Å². The molecule has 2 nitrogen and oxygen atoms in total. The first-order chi connectivity index (χ1) is 7.70. The van der Waals surface area contributed by atoms with Crippen LogP contribution in [0.3, 0.4) is 0 Å². The molecule has 0 radical (unpaired) electrons. The SMILES string of the molecule is COC(C)C(C)Nc1ccc2sccc2c1. The van der Waals surface area contributed by atoms with Crippen LogP contribution in [0.5, 0.6) is 0 Å². The van der Waals surface area contributed by atoms with Gasteiger partial charge >= 0.3 is 0 Å². The molecule has 2 unspecified atom stereocenters. The lowest BCUT2D eigenvalue weighted by Crippen LogP contribution is -2.29. The van der Waals surface area contributed by atoms with Crippen molar-refractivity contribution in [3.05, 3.63) is 29.6 Å². The van der Waals surface area contributed by atoms with Crippen molar-refractivity contribution in [3.63, 3.8) is 0 Å². The van der Waals surface area contributed by atoms with E-state index in [4.69, 9.17) is 4.74 Å². The molecule has 0 bridgehead atoms. The third-order valence-electron chi connectivity index (χ3n) is 2.92. The van der Waals surface area contributed by atoms with Gasteiger partial charge in [-0.2, -0.15) is 0 Å². The van der Waals surface area contributed by atoms with Crippen LogP contribution in [0.1, 0.15) is 13.8 Å². The van der Waals surface area contributed by atoms with E-state index in [2.05, 4.69) is 48.8 Å². The van der Waals surface area contributed by atoms with Crippen LogP contribution < -0.4 is 5.32 Å². The predicted molar refractivity (Wildman–Crippen MR) is 71.4 cm³/mol. The van der Waals surface area contributed by atoms with Crippen molar-refractivity contribution in [1.29, 1.82) is 0 Å². The second-order valence-corrected chi connectivity index (χ2v) is 4.99. The van der Waals surface area contributed by atoms with Crippen LogP contribution in [-0.4, -0.2) is 19.3 Å². The molecule has 1 N–H and O–H groups in total. The van der Waals surface area contributed by atoms with Gasteiger partial charge in [-0.25, -0.2) is 0 Å². The number of rotatable bonds is 4. The summed E-state index contributed by atoms with van der Waals surface area (Å²) in [6, 6.07) is 8.92. The average molecular weight is 235 g/mol. The number of ether oxygens (including phenoxy) is 1. The Morgan fingerprint density at radius 3 is 2.81 bits per heavy atom. The molecule has 0 aliphatic rings. The molecule has 0 saturated heterocycles. The van der Waals surface area contributed by atoms with Crippen molar-refractivity contribution in [1.82, 2.24) is 0 Å². The third kappa shape index (κ3) is 2.36. The number of methoxy groups -OCH3 is 1. The Hall–Kier alpha value is -1.06. The largest absolute Gasteiger partial charge is 0.380 e. The minimum Gasteiger partial charge on any atom is -0.380 e. The van der Waals surface area contributed by atoms with Crippen molar-refractivity contribution in [2.45, 2.75) is 26.0 Å². The number of hydrogen-bond donors (Lipinski definition) is 1. The minimum atomic E-state index is 0.207. The number of nitrogens with one attached hydrogen (secondary N) is 1. The van der Waals surface area contributed by atoms with Crippen molar-refractivity contribution in [2.24, 2.45) is 0 Å². The van der Waals surface area contributed by atoms with Gasteiger partial charge in [0, 0.05) is 23.5 Å². The topological polar surface area (TPSA) is 21.3 Å². The van der Waals surface area contributed by atoms with E-state index in [1.807, 2.05) is 0 Å². The van der Waals surface area contributed by atoms with Crippen molar-refractivity contribution in [2.75, 3.05) is 12.4 Å². The Kier molecular flexibility index (Phi) is 3.46. The van der Waals surface area contributed by atoms with Gasteiger partial charge in [0.2, 0.25) is 0 Å². The van der Waals surface area contributed by atoms with Gasteiger partial charge in [-0.3, -0.25) is 0 Å². The Balaban J connectivity index is 2.14. The summed E-state index contributed by atoms with van der Waals surface area (Å²) in [5, 5.41) is 6.87. The van der Waals surface area contributed by atoms with E-state index in [1.54, 1.807) is 18.4 Å². The molecule has 2 aromatic rings. The van der Waals surface area contributed by atoms with E-state index >= 15 is 0 Å². The highest BCUT2D eigenvalue weighted by atomic mass is 32.1. The Labute approximate surface area is 100 Å². The first kappa shape index (κ1) is 11.4. The molecule has 0 aliphatic carbocycles. The quantitative estimate of drug-likeness (QED) is 0.871. The number of benzene rings is 1. The Morgan fingerprint density at radius 2 is 2.06 bits per heavy atom. The molecule has 2 rings (SSSR count). The molecular weight excluding hydrogens is 218 g/mol. The van der Waals surface area contributed by atoms with Gasteiger partial charge in [0.05, 0.1) is 6.10 Å². The fourth-order valence-corrected chi connectivity index (χ4v) is 2.41. The van der Waals surface area contributed by atoms with Crippen LogP contribution >= 0.6 is 11.3 Å². The molecule has 0 saturated carbocycles. The second-order valence-electron chi connectivity index (χ2n) is 4.05. The molecular formula is C13H17NOS. The molecule has 1 aromatic carbocycles. The highest BCUT2D eigenvalue weighted by Gasteiger charge is 2.10. The first-order valence-electron chi connectivity index (χ1n) is 5.47. The molecule has 0 fully saturated rings. The smallest absolute Gasteiger partial charge is 0.0741 e. The third-order valence-corrected chi connectivity index (χ3v) is 3.82. The van der Waals surface area contributed by atoms with Crippen LogP contribution in [0, 0.1) is 0 Å². The lowest BCUT2D eigenvalue weighted by Gasteiger charge is -2.21. The van der Waals surface area contributed by atoms with E-state index in [9.17, 15) is 0 Å². The highest BCUT2D eigenvalue weighted by Crippen LogP contribution is 2.24. The summed E-state index contributed by atoms with van der Waals surface area (Å²) in [4.78, 5) is 0. The lowest BCUT2D eigenvalue weighted by molar-refractivity contribution is 0.106. The minimum absolute atomic E-state index is 0.207. The second kappa shape index (κ2) is 4.85. The zero-order chi connectivity index (χ0) is 11.5. The van der Waals surface area contributed by atoms with E-state index in [1.165, 1.54) is 10.1 Å². The van der Waals surface area contributed by atoms with Crippen molar-refractivity contribution in [3.8, 4) is 0 Å². The van der Waals surface area contributed by atoms with E-state index in [-0.39, 0.29) is 6.10 Å². The van der Waals surface area contributed by atoms with Crippen LogP contribution in [0.15, 0.2) is 29.6 Å². The maximum atomic E-state index is 5.30. The lowest BCUT2D eigenvalue weighted by atomic mass is 10.2. The molecule has 0 spiro atoms. The van der Waals surface area contributed by atoms with Gasteiger partial charge in [-0.1, -0.05) is 0 Å². The van der Waals surface area contributed by atoms with Crippen LogP contribution in [0.2, 0.25) is 0 Å². The number of fused-ring (bicyclic) bond motifs is 1. The zero-order valence-electron chi connectivity index (χ0n) is 9.86. The fourth-order valence-electron chi connectivity index (χ4n) is 1.64. The molecule has 1 heterocycles. The maximum Gasteiger partial charge on any atom is 0.0741 e. The summed E-state index contributed by atoms with van der Waals surface area (Å²) in [6.07, 6.45) is 0.207. The highest BCUT2D eigenvalue weighted by molar-refractivity contribution is 7.17. The monoisotopic (exact) mass is 235 g/mol. The van der Waals surface area contributed by atoms with Crippen LogP contribution in [-0.2, 0) is 4.74 Å². The molecule has 3 heteroatoms. The summed E-state index contributed by atoms with van der Waals surface area (Å²) in [5.41, 5.74) is 1.15. The molecule has 1 aromatic heterocycles. The molecule has 0 aliphatic heterocycles. The van der Waals surface area contributed by atoms with E-state index < -0.39 is 0 Å². The van der Waals surface area contributed by atoms with Gasteiger partial charge < -0.3 is 10.1 Å². The normalized spacial score (nSPS) is 14.9. The number of anilines is 1. The summed E-state index contributed by atoms with van der Waals surface area (Å²) in [5.74, 6) is 0. The number of thiophene rings is 1. The summed E-state index contributed by atoms with van der Waals surface area (Å²) in [7, 11) is 1.74. The summed E-state index contributed by atoms with van der Waals surface area (Å²) in [6.45, 7) is 4.20. The fraction of sp³-hybridized carbons (Fsp3) is 0.385. The molecule has 0 amide bonds. The van der Waals surface area contributed by atoms with Crippen LogP contribution in [0.25, 0.3) is 10.1 Å². The zero-order valence-corrected chi connectivity index (χ0v) is 10.7. The van der Waals surface area contributed by atoms with Crippen LogP contribution in [0.4, 0.5) is 5.69 Å². The summed E-state index contributed by atoms with van der Waals surface area (Å²) >= 11 is 1.77. The molecule has 86 valence electrons. The van der Waals surface area contributed by atoms with Crippen molar-refractivity contribution < 1.29 is 4.74 Å². The van der Waals surface area contributed by atoms with Gasteiger partial charge in [-0.05, 0) is 48.9 Å². The standard InChI is InChI=1S/C13H17NOS/c1-9(10(2)15-3)14-12-4-5-13-11(8-12)6-7-16-13/h4-10,14H,1-3H3. The first-order valence-corrected chi connectivity index (χ1v) is 6.35. The molecule has 2 atom stereocenters. The van der Waals surface area contributed by atoms with Gasteiger partial charge in [0.25, 0.3) is 0 Å². The predicted octanol–water partition coefficient (Wildman–Crippen LogP) is 3.74. The summed E-state index contributed by atoms with van der Waals surface area (Å²) < 4.78 is 6.63. The number of hydrogen-bond acceptors (Lipinski definition) is 3. The Morgan fingerprint density at radius 1 is 1.25 bits per heavy atom. The van der Waals surface area contributed by atoms with Gasteiger partial charge in [0.15, 0.2) is 0 Å². The van der Waals surface area contributed by atoms with Gasteiger partial charge in [0.1, 0.15) is 0 Å². The van der Waals surface area contributed by atoms with E-state index in [0.717, 1.165) is 5.69 Å².